The molecule has 2 N–H and O–H groups in total. The SMILES string of the molecule is Cc1ccc(-c2nn(CC(C)C)cc2N)o1. The molecule has 0 fully saturated rings. The van der Waals surface area contributed by atoms with Crippen LogP contribution in [-0.4, -0.2) is 9.78 Å². The highest BCUT2D eigenvalue weighted by atomic mass is 16.3. The second-order valence-corrected chi connectivity index (χ2v) is 4.46. The molecule has 0 aliphatic heterocycles. The molecule has 0 amide bonds. The van der Waals surface area contributed by atoms with Gasteiger partial charge in [-0.3, -0.25) is 4.68 Å². The van der Waals surface area contributed by atoms with Crippen molar-refractivity contribution >= 4 is 5.69 Å². The summed E-state index contributed by atoms with van der Waals surface area (Å²) in [6.07, 6.45) is 1.85. The number of aryl methyl sites for hydroxylation is 1. The van der Waals surface area contributed by atoms with Crippen LogP contribution in [0.4, 0.5) is 5.69 Å². The third-order valence-corrected chi connectivity index (χ3v) is 2.32. The predicted molar refractivity (Wildman–Crippen MR) is 63.9 cm³/mol. The Bertz CT molecular complexity index is 482. The normalized spacial score (nSPS) is 11.2. The van der Waals surface area contributed by atoms with Crippen LogP contribution < -0.4 is 5.73 Å². The Morgan fingerprint density at radius 3 is 2.75 bits per heavy atom. The van der Waals surface area contributed by atoms with E-state index >= 15 is 0 Å². The number of nitrogen functional groups attached to an aromatic ring is 1. The first kappa shape index (κ1) is 10.8. The minimum Gasteiger partial charge on any atom is -0.460 e. The van der Waals surface area contributed by atoms with Crippen molar-refractivity contribution in [2.75, 3.05) is 5.73 Å². The van der Waals surface area contributed by atoms with Crippen molar-refractivity contribution in [2.45, 2.75) is 27.3 Å². The predicted octanol–water partition coefficient (Wildman–Crippen LogP) is 2.69. The van der Waals surface area contributed by atoms with Crippen LogP contribution in [0.25, 0.3) is 11.5 Å². The smallest absolute Gasteiger partial charge is 0.156 e. The lowest BCUT2D eigenvalue weighted by molar-refractivity contribution is 0.481. The number of aromatic nitrogens is 2. The number of hydrogen-bond donors (Lipinski definition) is 1. The quantitative estimate of drug-likeness (QED) is 0.863. The molecule has 0 radical (unpaired) electrons. The number of nitrogens with two attached hydrogens (primary N) is 1. The van der Waals surface area contributed by atoms with Crippen molar-refractivity contribution in [3.05, 3.63) is 24.1 Å². The van der Waals surface area contributed by atoms with E-state index in [4.69, 9.17) is 10.2 Å². The topological polar surface area (TPSA) is 57.0 Å². The zero-order valence-electron chi connectivity index (χ0n) is 9.90. The maximum absolute atomic E-state index is 5.92. The third-order valence-electron chi connectivity index (χ3n) is 2.32. The van der Waals surface area contributed by atoms with E-state index in [-0.39, 0.29) is 0 Å². The Morgan fingerprint density at radius 2 is 2.19 bits per heavy atom. The summed E-state index contributed by atoms with van der Waals surface area (Å²) in [5, 5.41) is 4.43. The minimum atomic E-state index is 0.547. The first-order chi connectivity index (χ1) is 7.56. The minimum absolute atomic E-state index is 0.547. The molecule has 2 heterocycles. The highest BCUT2D eigenvalue weighted by Gasteiger charge is 2.12. The molecule has 0 aliphatic carbocycles. The van der Waals surface area contributed by atoms with Gasteiger partial charge in [-0.05, 0) is 25.0 Å². The fourth-order valence-electron chi connectivity index (χ4n) is 1.66. The molecule has 0 atom stereocenters. The van der Waals surface area contributed by atoms with Crippen LogP contribution in [0.3, 0.4) is 0 Å². The number of nitrogens with zero attached hydrogens (tertiary/aromatic N) is 2. The van der Waals surface area contributed by atoms with E-state index in [1.807, 2.05) is 29.9 Å². The van der Waals surface area contributed by atoms with Crippen LogP contribution >= 0.6 is 0 Å². The van der Waals surface area contributed by atoms with Crippen molar-refractivity contribution in [2.24, 2.45) is 5.92 Å². The summed E-state index contributed by atoms with van der Waals surface area (Å²) in [6.45, 7) is 7.07. The average Bonchev–Trinajstić information content (AvgIpc) is 2.72. The van der Waals surface area contributed by atoms with Crippen molar-refractivity contribution in [3.8, 4) is 11.5 Å². The summed E-state index contributed by atoms with van der Waals surface area (Å²) in [4.78, 5) is 0. The Morgan fingerprint density at radius 1 is 1.44 bits per heavy atom. The standard InChI is InChI=1S/C12H17N3O/c1-8(2)6-15-7-10(13)12(14-15)11-5-4-9(3)16-11/h4-5,7-8H,6,13H2,1-3H3. The summed E-state index contributed by atoms with van der Waals surface area (Å²) in [6, 6.07) is 3.81. The molecule has 16 heavy (non-hydrogen) atoms. The molecule has 4 heteroatoms. The number of hydrogen-bond acceptors (Lipinski definition) is 3. The van der Waals surface area contributed by atoms with Gasteiger partial charge >= 0.3 is 0 Å². The highest BCUT2D eigenvalue weighted by molar-refractivity contribution is 5.67. The molecular formula is C12H17N3O. The van der Waals surface area contributed by atoms with Gasteiger partial charge in [-0.2, -0.15) is 5.10 Å². The summed E-state index contributed by atoms with van der Waals surface area (Å²) < 4.78 is 7.38. The molecule has 0 saturated heterocycles. The largest absolute Gasteiger partial charge is 0.460 e. The molecule has 0 aromatic carbocycles. The highest BCUT2D eigenvalue weighted by Crippen LogP contribution is 2.25. The van der Waals surface area contributed by atoms with Gasteiger partial charge < -0.3 is 10.2 Å². The summed E-state index contributed by atoms with van der Waals surface area (Å²) in [7, 11) is 0. The van der Waals surface area contributed by atoms with Crippen molar-refractivity contribution in [1.29, 1.82) is 0 Å². The summed E-state index contributed by atoms with van der Waals surface area (Å²) >= 11 is 0. The molecule has 4 nitrogen and oxygen atoms in total. The maximum atomic E-state index is 5.92. The lowest BCUT2D eigenvalue weighted by Crippen LogP contribution is -2.04. The lowest BCUT2D eigenvalue weighted by Gasteiger charge is -2.03. The van der Waals surface area contributed by atoms with Crippen LogP contribution in [0.5, 0.6) is 0 Å². The number of anilines is 1. The number of furan rings is 1. The first-order valence-corrected chi connectivity index (χ1v) is 5.46. The molecule has 0 aliphatic rings. The van der Waals surface area contributed by atoms with E-state index in [9.17, 15) is 0 Å². The van der Waals surface area contributed by atoms with Crippen LogP contribution in [0, 0.1) is 12.8 Å². The van der Waals surface area contributed by atoms with Gasteiger partial charge in [0.15, 0.2) is 11.5 Å². The Kier molecular flexibility index (Phi) is 2.73. The molecule has 86 valence electrons. The molecule has 0 spiro atoms. The van der Waals surface area contributed by atoms with Crippen LogP contribution in [-0.2, 0) is 6.54 Å². The van der Waals surface area contributed by atoms with Gasteiger partial charge in [0.05, 0.1) is 5.69 Å². The van der Waals surface area contributed by atoms with Gasteiger partial charge in [0, 0.05) is 12.7 Å². The van der Waals surface area contributed by atoms with E-state index in [0.29, 0.717) is 11.6 Å². The second kappa shape index (κ2) is 4.04. The van der Waals surface area contributed by atoms with Crippen LogP contribution in [0.1, 0.15) is 19.6 Å². The van der Waals surface area contributed by atoms with E-state index in [1.54, 1.807) is 0 Å². The van der Waals surface area contributed by atoms with Gasteiger partial charge in [-0.15, -0.1) is 0 Å². The Hall–Kier alpha value is -1.71. The Balaban J connectivity index is 2.31. The fraction of sp³-hybridized carbons (Fsp3) is 0.417. The molecule has 0 saturated carbocycles. The van der Waals surface area contributed by atoms with E-state index < -0.39 is 0 Å². The van der Waals surface area contributed by atoms with Gasteiger partial charge in [0.25, 0.3) is 0 Å². The fourth-order valence-corrected chi connectivity index (χ4v) is 1.66. The van der Waals surface area contributed by atoms with Crippen molar-refractivity contribution in [1.82, 2.24) is 9.78 Å². The van der Waals surface area contributed by atoms with Crippen molar-refractivity contribution in [3.63, 3.8) is 0 Å². The molecule has 0 bridgehead atoms. The zero-order chi connectivity index (χ0) is 11.7. The van der Waals surface area contributed by atoms with E-state index in [1.165, 1.54) is 0 Å². The lowest BCUT2D eigenvalue weighted by atomic mass is 10.2. The van der Waals surface area contributed by atoms with Crippen LogP contribution in [0.2, 0.25) is 0 Å². The van der Waals surface area contributed by atoms with Gasteiger partial charge in [0.2, 0.25) is 0 Å². The van der Waals surface area contributed by atoms with E-state index in [0.717, 1.165) is 23.8 Å². The summed E-state index contributed by atoms with van der Waals surface area (Å²) in [5.41, 5.74) is 7.31. The molecule has 2 aromatic heterocycles. The molecule has 2 rings (SSSR count). The molecule has 0 unspecified atom stereocenters. The molecular weight excluding hydrogens is 202 g/mol. The van der Waals surface area contributed by atoms with Gasteiger partial charge in [-0.1, -0.05) is 13.8 Å². The van der Waals surface area contributed by atoms with Crippen molar-refractivity contribution < 1.29 is 4.42 Å². The van der Waals surface area contributed by atoms with Crippen LogP contribution in [0.15, 0.2) is 22.7 Å². The maximum Gasteiger partial charge on any atom is 0.156 e. The average molecular weight is 219 g/mol. The number of rotatable bonds is 3. The molecule has 2 aromatic rings. The summed E-state index contributed by atoms with van der Waals surface area (Å²) in [5.74, 6) is 2.15. The monoisotopic (exact) mass is 219 g/mol. The van der Waals surface area contributed by atoms with E-state index in [2.05, 4.69) is 18.9 Å². The van der Waals surface area contributed by atoms with Gasteiger partial charge in [-0.25, -0.2) is 0 Å². The third kappa shape index (κ3) is 2.10. The Labute approximate surface area is 95.1 Å². The second-order valence-electron chi connectivity index (χ2n) is 4.46. The van der Waals surface area contributed by atoms with Gasteiger partial charge in [0.1, 0.15) is 5.76 Å². The zero-order valence-corrected chi connectivity index (χ0v) is 9.90. The first-order valence-electron chi connectivity index (χ1n) is 5.46.